The summed E-state index contributed by atoms with van der Waals surface area (Å²) in [7, 11) is 3.21. The van der Waals surface area contributed by atoms with Crippen molar-refractivity contribution >= 4 is 28.6 Å². The quantitative estimate of drug-likeness (QED) is 0.415. The number of ether oxygens (including phenoxy) is 3. The van der Waals surface area contributed by atoms with Crippen molar-refractivity contribution in [1.82, 2.24) is 24.9 Å². The van der Waals surface area contributed by atoms with Crippen molar-refractivity contribution in [2.75, 3.05) is 39.2 Å². The van der Waals surface area contributed by atoms with Crippen molar-refractivity contribution in [2.24, 2.45) is 5.92 Å². The summed E-state index contributed by atoms with van der Waals surface area (Å²) in [6.45, 7) is 9.81. The number of carbonyl (C=O) groups is 1. The summed E-state index contributed by atoms with van der Waals surface area (Å²) in [5, 5.41) is 15.0. The second-order valence-corrected chi connectivity index (χ2v) is 8.58. The van der Waals surface area contributed by atoms with Crippen LogP contribution in [0.3, 0.4) is 0 Å². The molecule has 180 valence electrons. The first-order valence-corrected chi connectivity index (χ1v) is 11.3. The maximum absolute atomic E-state index is 11.6. The first-order chi connectivity index (χ1) is 15.8. The lowest BCUT2D eigenvalue weighted by atomic mass is 10.2. The number of alkyl carbamates (subject to hydrolysis) is 1. The third-order valence-corrected chi connectivity index (χ3v) is 5.08. The summed E-state index contributed by atoms with van der Waals surface area (Å²) in [4.78, 5) is 16.4. The molecule has 2 aromatic heterocycles. The Morgan fingerprint density at radius 1 is 1.03 bits per heavy atom. The molecular weight excluding hydrogens is 424 g/mol. The van der Waals surface area contributed by atoms with Crippen LogP contribution < -0.4 is 20.1 Å². The average Bonchev–Trinajstić information content (AvgIpc) is 3.25. The lowest BCUT2D eigenvalue weighted by Crippen LogP contribution is -2.26. The van der Waals surface area contributed by atoms with Gasteiger partial charge < -0.3 is 24.8 Å². The zero-order chi connectivity index (χ0) is 24.0. The van der Waals surface area contributed by atoms with Crippen molar-refractivity contribution in [3.05, 3.63) is 18.0 Å². The Labute approximate surface area is 194 Å². The lowest BCUT2D eigenvalue weighted by Gasteiger charge is -2.14. The number of benzene rings is 1. The number of aromatic nitrogens is 4. The van der Waals surface area contributed by atoms with E-state index in [2.05, 4.69) is 34.7 Å². The number of hydrogen-bond donors (Lipinski definition) is 2. The fraction of sp³-hybridized carbons (Fsp3) is 0.565. The normalized spacial score (nSPS) is 11.4. The Bertz CT molecular complexity index is 1100. The van der Waals surface area contributed by atoms with Gasteiger partial charge in [-0.1, -0.05) is 27.7 Å². The summed E-state index contributed by atoms with van der Waals surface area (Å²) in [5.41, 5.74) is 2.26. The Kier molecular flexibility index (Phi) is 8.13. The number of nitrogens with one attached hydrogen (secondary N) is 2. The Hall–Kier alpha value is -3.30. The summed E-state index contributed by atoms with van der Waals surface area (Å²) >= 11 is 0. The van der Waals surface area contributed by atoms with E-state index in [1.807, 2.05) is 30.4 Å². The highest BCUT2D eigenvalue weighted by Crippen LogP contribution is 2.34. The minimum Gasteiger partial charge on any atom is -0.493 e. The molecule has 0 aliphatic rings. The van der Waals surface area contributed by atoms with Crippen LogP contribution in [-0.4, -0.2) is 59.6 Å². The monoisotopic (exact) mass is 458 g/mol. The summed E-state index contributed by atoms with van der Waals surface area (Å²) in [6, 6.07) is 3.76. The first-order valence-electron chi connectivity index (χ1n) is 11.3. The second kappa shape index (κ2) is 11.0. The molecule has 0 saturated carbocycles. The standard InChI is InChI=1S/C23H34N6O4/c1-14(2)13-33-23(30)25-10-8-7-9-24-20-22-28-27-21(15(3)4)29(22)17-12-19(32-6)18(31-5)11-16(17)26-20/h11-12,14-15H,7-10,13H2,1-6H3,(H,24,26)(H,25,30). The van der Waals surface area contributed by atoms with Crippen LogP contribution in [0.4, 0.5) is 10.6 Å². The maximum Gasteiger partial charge on any atom is 0.407 e. The molecule has 2 N–H and O–H groups in total. The summed E-state index contributed by atoms with van der Waals surface area (Å²) < 4.78 is 18.1. The van der Waals surface area contributed by atoms with E-state index in [4.69, 9.17) is 19.2 Å². The molecule has 3 rings (SSSR count). The molecule has 0 saturated heterocycles. The van der Waals surface area contributed by atoms with Gasteiger partial charge in [-0.25, -0.2) is 9.78 Å². The molecule has 0 bridgehead atoms. The van der Waals surface area contributed by atoms with Gasteiger partial charge in [0.05, 0.1) is 31.9 Å². The van der Waals surface area contributed by atoms with Gasteiger partial charge in [-0.3, -0.25) is 4.40 Å². The molecule has 3 aromatic rings. The van der Waals surface area contributed by atoms with Crippen LogP contribution in [0.25, 0.3) is 16.7 Å². The molecule has 0 unspecified atom stereocenters. The Morgan fingerprint density at radius 2 is 1.73 bits per heavy atom. The summed E-state index contributed by atoms with van der Waals surface area (Å²) in [5.74, 6) is 3.22. The molecule has 10 heteroatoms. The van der Waals surface area contributed by atoms with E-state index in [-0.39, 0.29) is 12.0 Å². The number of hydrogen-bond acceptors (Lipinski definition) is 8. The zero-order valence-corrected chi connectivity index (χ0v) is 20.3. The number of carbonyl (C=O) groups excluding carboxylic acids is 1. The molecule has 0 spiro atoms. The predicted molar refractivity (Wildman–Crippen MR) is 127 cm³/mol. The molecule has 0 aliphatic carbocycles. The molecule has 0 radical (unpaired) electrons. The molecule has 1 amide bonds. The van der Waals surface area contributed by atoms with Crippen LogP contribution >= 0.6 is 0 Å². The molecule has 0 aliphatic heterocycles. The molecule has 1 aromatic carbocycles. The fourth-order valence-corrected chi connectivity index (χ4v) is 3.42. The van der Waals surface area contributed by atoms with E-state index in [0.29, 0.717) is 48.6 Å². The zero-order valence-electron chi connectivity index (χ0n) is 20.3. The number of amides is 1. The average molecular weight is 459 g/mol. The van der Waals surface area contributed by atoms with E-state index >= 15 is 0 Å². The van der Waals surface area contributed by atoms with E-state index < -0.39 is 0 Å². The SMILES string of the molecule is COc1cc2nc(NCCCCNC(=O)OCC(C)C)c3nnc(C(C)C)n3c2cc1OC. The van der Waals surface area contributed by atoms with Crippen LogP contribution in [0.5, 0.6) is 11.5 Å². The number of fused-ring (bicyclic) bond motifs is 3. The van der Waals surface area contributed by atoms with Gasteiger partial charge in [0.15, 0.2) is 17.3 Å². The molecular formula is C23H34N6O4. The van der Waals surface area contributed by atoms with Gasteiger partial charge in [0.2, 0.25) is 5.65 Å². The highest BCUT2D eigenvalue weighted by atomic mass is 16.5. The van der Waals surface area contributed by atoms with Gasteiger partial charge in [0.1, 0.15) is 5.82 Å². The summed E-state index contributed by atoms with van der Waals surface area (Å²) in [6.07, 6.45) is 1.28. The first kappa shape index (κ1) is 24.3. The van der Waals surface area contributed by atoms with E-state index in [0.717, 1.165) is 29.7 Å². The van der Waals surface area contributed by atoms with Gasteiger partial charge in [-0.05, 0) is 18.8 Å². The minimum absolute atomic E-state index is 0.174. The third kappa shape index (κ3) is 5.74. The van der Waals surface area contributed by atoms with Crippen LogP contribution in [0.15, 0.2) is 12.1 Å². The number of nitrogens with zero attached hydrogens (tertiary/aromatic N) is 4. The van der Waals surface area contributed by atoms with Crippen LogP contribution in [0, 0.1) is 5.92 Å². The van der Waals surface area contributed by atoms with Crippen molar-refractivity contribution in [3.63, 3.8) is 0 Å². The topological polar surface area (TPSA) is 112 Å². The van der Waals surface area contributed by atoms with Crippen LogP contribution in [0.1, 0.15) is 52.3 Å². The van der Waals surface area contributed by atoms with Crippen molar-refractivity contribution < 1.29 is 19.0 Å². The van der Waals surface area contributed by atoms with E-state index in [9.17, 15) is 4.79 Å². The number of unbranched alkanes of at least 4 members (excludes halogenated alkanes) is 1. The van der Waals surface area contributed by atoms with E-state index in [1.54, 1.807) is 14.2 Å². The van der Waals surface area contributed by atoms with Crippen LogP contribution in [0.2, 0.25) is 0 Å². The Balaban J connectivity index is 1.74. The smallest absolute Gasteiger partial charge is 0.407 e. The van der Waals surface area contributed by atoms with Gasteiger partial charge in [-0.15, -0.1) is 10.2 Å². The van der Waals surface area contributed by atoms with Crippen molar-refractivity contribution in [2.45, 2.75) is 46.5 Å². The van der Waals surface area contributed by atoms with Crippen LogP contribution in [-0.2, 0) is 4.74 Å². The minimum atomic E-state index is -0.372. The van der Waals surface area contributed by atoms with Crippen molar-refractivity contribution in [1.29, 1.82) is 0 Å². The number of rotatable bonds is 11. The Morgan fingerprint density at radius 3 is 2.39 bits per heavy atom. The largest absolute Gasteiger partial charge is 0.493 e. The molecule has 2 heterocycles. The molecule has 0 atom stereocenters. The van der Waals surface area contributed by atoms with Gasteiger partial charge in [0.25, 0.3) is 0 Å². The van der Waals surface area contributed by atoms with Gasteiger partial charge in [-0.2, -0.15) is 0 Å². The van der Waals surface area contributed by atoms with Gasteiger partial charge >= 0.3 is 6.09 Å². The molecule has 10 nitrogen and oxygen atoms in total. The highest BCUT2D eigenvalue weighted by molar-refractivity contribution is 5.86. The number of methoxy groups -OCH3 is 2. The lowest BCUT2D eigenvalue weighted by molar-refractivity contribution is 0.133. The predicted octanol–water partition coefficient (Wildman–Crippen LogP) is 3.99. The molecule has 33 heavy (non-hydrogen) atoms. The molecule has 0 fully saturated rings. The second-order valence-electron chi connectivity index (χ2n) is 8.58. The third-order valence-electron chi connectivity index (χ3n) is 5.08. The van der Waals surface area contributed by atoms with E-state index in [1.165, 1.54) is 0 Å². The maximum atomic E-state index is 11.6. The number of anilines is 1. The fourth-order valence-electron chi connectivity index (χ4n) is 3.42. The van der Waals surface area contributed by atoms with Gasteiger partial charge in [0, 0.05) is 31.1 Å². The highest BCUT2D eigenvalue weighted by Gasteiger charge is 2.19. The van der Waals surface area contributed by atoms with Crippen molar-refractivity contribution in [3.8, 4) is 11.5 Å².